The molecular formula is C10H16N4O. The molecule has 1 aliphatic heterocycles. The van der Waals surface area contributed by atoms with E-state index in [2.05, 4.69) is 5.10 Å². The van der Waals surface area contributed by atoms with Gasteiger partial charge in [-0.25, -0.2) is 0 Å². The lowest BCUT2D eigenvalue weighted by atomic mass is 10.1. The highest BCUT2D eigenvalue weighted by molar-refractivity contribution is 5.76. The average Bonchev–Trinajstić information content (AvgIpc) is 2.53. The van der Waals surface area contributed by atoms with Gasteiger partial charge in [0.05, 0.1) is 23.6 Å². The predicted octanol–water partition coefficient (Wildman–Crippen LogP) is 0.567. The lowest BCUT2D eigenvalue weighted by molar-refractivity contribution is -0.133. The van der Waals surface area contributed by atoms with Gasteiger partial charge in [-0.05, 0) is 13.3 Å². The molecule has 82 valence electrons. The fraction of sp³-hybridized carbons (Fsp3) is 0.600. The number of piperidine rings is 1. The van der Waals surface area contributed by atoms with Gasteiger partial charge < -0.3 is 10.6 Å². The van der Waals surface area contributed by atoms with E-state index in [4.69, 9.17) is 5.73 Å². The number of carbonyl (C=O) groups excluding carboxylic acids is 1. The maximum Gasteiger partial charge on any atom is 0.222 e. The molecule has 5 heteroatoms. The Balaban J connectivity index is 2.19. The van der Waals surface area contributed by atoms with Gasteiger partial charge in [0, 0.05) is 20.0 Å². The molecule has 15 heavy (non-hydrogen) atoms. The molecule has 2 rings (SSSR count). The maximum absolute atomic E-state index is 11.3. The molecule has 1 saturated heterocycles. The third-order valence-electron chi connectivity index (χ3n) is 3.03. The number of hydrogen-bond donors (Lipinski definition) is 1. The highest BCUT2D eigenvalue weighted by atomic mass is 16.2. The Labute approximate surface area is 88.8 Å². The summed E-state index contributed by atoms with van der Waals surface area (Å²) in [5, 5.41) is 4.25. The summed E-state index contributed by atoms with van der Waals surface area (Å²) in [6.45, 7) is 2.68. The van der Waals surface area contributed by atoms with Gasteiger partial charge in [0.25, 0.3) is 0 Å². The summed E-state index contributed by atoms with van der Waals surface area (Å²) >= 11 is 0. The first kappa shape index (κ1) is 10.0. The second-order valence-electron chi connectivity index (χ2n) is 4.10. The van der Waals surface area contributed by atoms with Crippen LogP contribution in [0.5, 0.6) is 0 Å². The summed E-state index contributed by atoms with van der Waals surface area (Å²) in [5.41, 5.74) is 7.45. The van der Waals surface area contributed by atoms with E-state index in [0.717, 1.165) is 24.3 Å². The Kier molecular flexibility index (Phi) is 2.38. The first-order valence-electron chi connectivity index (χ1n) is 5.13. The molecule has 0 bridgehead atoms. The average molecular weight is 208 g/mol. The van der Waals surface area contributed by atoms with Crippen LogP contribution in [-0.2, 0) is 4.79 Å². The van der Waals surface area contributed by atoms with E-state index in [-0.39, 0.29) is 11.9 Å². The minimum atomic E-state index is 0.212. The summed E-state index contributed by atoms with van der Waals surface area (Å²) in [5.74, 6) is 0.212. The molecule has 0 saturated carbocycles. The van der Waals surface area contributed by atoms with Crippen molar-refractivity contribution >= 4 is 11.6 Å². The SMILES string of the molecule is Cc1c(N)cnn1C1CCC(=O)N(C)C1. The van der Waals surface area contributed by atoms with Crippen molar-refractivity contribution in [3.05, 3.63) is 11.9 Å². The zero-order chi connectivity index (χ0) is 11.0. The Hall–Kier alpha value is -1.52. The molecule has 0 aromatic carbocycles. The topological polar surface area (TPSA) is 64.1 Å². The number of nitrogens with zero attached hydrogens (tertiary/aromatic N) is 3. The molecule has 5 nitrogen and oxygen atoms in total. The van der Waals surface area contributed by atoms with Crippen molar-refractivity contribution in [3.63, 3.8) is 0 Å². The first-order valence-corrected chi connectivity index (χ1v) is 5.13. The standard InChI is InChI=1S/C10H16N4O/c1-7-9(11)5-12-14(7)8-3-4-10(15)13(2)6-8/h5,8H,3-4,6,11H2,1-2H3. The number of anilines is 1. The summed E-state index contributed by atoms with van der Waals surface area (Å²) < 4.78 is 1.93. The number of hydrogen-bond acceptors (Lipinski definition) is 3. The number of likely N-dealkylation sites (N-methyl/N-ethyl adjacent to an activating group) is 1. The monoisotopic (exact) mass is 208 g/mol. The highest BCUT2D eigenvalue weighted by Gasteiger charge is 2.25. The normalized spacial score (nSPS) is 22.1. The minimum absolute atomic E-state index is 0.212. The lowest BCUT2D eigenvalue weighted by Gasteiger charge is -2.30. The second-order valence-corrected chi connectivity index (χ2v) is 4.10. The Morgan fingerprint density at radius 1 is 1.60 bits per heavy atom. The van der Waals surface area contributed by atoms with Gasteiger partial charge in [0.1, 0.15) is 0 Å². The maximum atomic E-state index is 11.3. The molecular weight excluding hydrogens is 192 g/mol. The van der Waals surface area contributed by atoms with E-state index in [1.54, 1.807) is 11.1 Å². The van der Waals surface area contributed by atoms with Crippen molar-refractivity contribution in [1.29, 1.82) is 0 Å². The molecule has 1 aromatic rings. The summed E-state index contributed by atoms with van der Waals surface area (Å²) in [7, 11) is 1.83. The van der Waals surface area contributed by atoms with Crippen LogP contribution in [0.1, 0.15) is 24.6 Å². The van der Waals surface area contributed by atoms with Crippen molar-refractivity contribution in [1.82, 2.24) is 14.7 Å². The van der Waals surface area contributed by atoms with Gasteiger partial charge in [0.2, 0.25) is 5.91 Å². The zero-order valence-electron chi connectivity index (χ0n) is 9.10. The molecule has 1 aromatic heterocycles. The molecule has 1 fully saturated rings. The van der Waals surface area contributed by atoms with E-state index >= 15 is 0 Å². The number of nitrogen functional groups attached to an aromatic ring is 1. The zero-order valence-corrected chi connectivity index (χ0v) is 9.10. The Morgan fingerprint density at radius 3 is 2.87 bits per heavy atom. The highest BCUT2D eigenvalue weighted by Crippen LogP contribution is 2.23. The van der Waals surface area contributed by atoms with Gasteiger partial charge in [0.15, 0.2) is 0 Å². The van der Waals surface area contributed by atoms with E-state index in [1.807, 2.05) is 18.7 Å². The van der Waals surface area contributed by atoms with Gasteiger partial charge in [-0.3, -0.25) is 9.48 Å². The quantitative estimate of drug-likeness (QED) is 0.733. The van der Waals surface area contributed by atoms with Crippen LogP contribution in [0.2, 0.25) is 0 Å². The van der Waals surface area contributed by atoms with Gasteiger partial charge in [-0.2, -0.15) is 5.10 Å². The smallest absolute Gasteiger partial charge is 0.222 e. The Bertz CT molecular complexity index is 385. The molecule has 0 spiro atoms. The number of nitrogens with two attached hydrogens (primary N) is 1. The van der Waals surface area contributed by atoms with Crippen LogP contribution in [0, 0.1) is 6.92 Å². The van der Waals surface area contributed by atoms with Gasteiger partial charge in [-0.1, -0.05) is 0 Å². The van der Waals surface area contributed by atoms with Crippen LogP contribution in [-0.4, -0.2) is 34.2 Å². The number of likely N-dealkylation sites (tertiary alicyclic amines) is 1. The molecule has 1 aliphatic rings. The van der Waals surface area contributed by atoms with Crippen LogP contribution in [0.25, 0.3) is 0 Å². The van der Waals surface area contributed by atoms with Crippen molar-refractivity contribution in [2.45, 2.75) is 25.8 Å². The summed E-state index contributed by atoms with van der Waals surface area (Å²) in [6.07, 6.45) is 3.12. The van der Waals surface area contributed by atoms with Crippen molar-refractivity contribution in [2.24, 2.45) is 0 Å². The number of amides is 1. The molecule has 2 heterocycles. The number of rotatable bonds is 1. The van der Waals surface area contributed by atoms with Gasteiger partial charge >= 0.3 is 0 Å². The van der Waals surface area contributed by atoms with E-state index in [0.29, 0.717) is 6.42 Å². The summed E-state index contributed by atoms with van der Waals surface area (Å²) in [6, 6.07) is 0.269. The van der Waals surface area contributed by atoms with Crippen molar-refractivity contribution in [3.8, 4) is 0 Å². The number of aromatic nitrogens is 2. The van der Waals surface area contributed by atoms with Gasteiger partial charge in [-0.15, -0.1) is 0 Å². The van der Waals surface area contributed by atoms with E-state index in [1.165, 1.54) is 0 Å². The predicted molar refractivity (Wildman–Crippen MR) is 57.3 cm³/mol. The number of carbonyl (C=O) groups is 1. The van der Waals surface area contributed by atoms with Crippen LogP contribution < -0.4 is 5.73 Å². The van der Waals surface area contributed by atoms with Crippen molar-refractivity contribution in [2.75, 3.05) is 19.3 Å². The van der Waals surface area contributed by atoms with Crippen molar-refractivity contribution < 1.29 is 4.79 Å². The van der Waals surface area contributed by atoms with Crippen LogP contribution in [0.4, 0.5) is 5.69 Å². The molecule has 0 radical (unpaired) electrons. The van der Waals surface area contributed by atoms with Crippen LogP contribution >= 0.6 is 0 Å². The van der Waals surface area contributed by atoms with Crippen LogP contribution in [0.15, 0.2) is 6.20 Å². The molecule has 0 aliphatic carbocycles. The molecule has 1 unspecified atom stereocenters. The van der Waals surface area contributed by atoms with Crippen LogP contribution in [0.3, 0.4) is 0 Å². The summed E-state index contributed by atoms with van der Waals surface area (Å²) in [4.78, 5) is 13.1. The van der Waals surface area contributed by atoms with E-state index < -0.39 is 0 Å². The van der Waals surface area contributed by atoms with E-state index in [9.17, 15) is 4.79 Å². The fourth-order valence-corrected chi connectivity index (χ4v) is 1.99. The third-order valence-corrected chi connectivity index (χ3v) is 3.03. The fourth-order valence-electron chi connectivity index (χ4n) is 1.99. The third kappa shape index (κ3) is 1.69. The first-order chi connectivity index (χ1) is 7.09. The molecule has 1 atom stereocenters. The molecule has 1 amide bonds. The molecule has 2 N–H and O–H groups in total. The Morgan fingerprint density at radius 2 is 2.33 bits per heavy atom. The largest absolute Gasteiger partial charge is 0.396 e. The lowest BCUT2D eigenvalue weighted by Crippen LogP contribution is -2.38. The second kappa shape index (κ2) is 3.56. The minimum Gasteiger partial charge on any atom is -0.396 e.